The highest BCUT2D eigenvalue weighted by molar-refractivity contribution is 14.0. The summed E-state index contributed by atoms with van der Waals surface area (Å²) in [6.45, 7) is 12.8. The number of hydrogen-bond acceptors (Lipinski definition) is 5. The Morgan fingerprint density at radius 1 is 1.26 bits per heavy atom. The van der Waals surface area contributed by atoms with Gasteiger partial charge in [0, 0.05) is 33.4 Å². The Bertz CT molecular complexity index is 662. The van der Waals surface area contributed by atoms with Gasteiger partial charge in [-0.25, -0.2) is 4.98 Å². The van der Waals surface area contributed by atoms with Crippen molar-refractivity contribution in [2.24, 2.45) is 16.3 Å². The zero-order valence-electron chi connectivity index (χ0n) is 19.8. The first-order chi connectivity index (χ1) is 14.5. The number of hydrogen-bond donors (Lipinski definition) is 2. The summed E-state index contributed by atoms with van der Waals surface area (Å²) in [5.41, 5.74) is 1.37. The summed E-state index contributed by atoms with van der Waals surface area (Å²) in [7, 11) is 1.79. The second-order valence-corrected chi connectivity index (χ2v) is 9.14. The van der Waals surface area contributed by atoms with Crippen LogP contribution in [0.3, 0.4) is 0 Å². The predicted molar refractivity (Wildman–Crippen MR) is 136 cm³/mol. The predicted octanol–water partition coefficient (Wildman–Crippen LogP) is 3.88. The molecule has 1 aliphatic heterocycles. The molecule has 31 heavy (non-hydrogen) atoms. The van der Waals surface area contributed by atoms with E-state index in [9.17, 15) is 0 Å². The Labute approximate surface area is 205 Å². The summed E-state index contributed by atoms with van der Waals surface area (Å²) >= 11 is 0. The van der Waals surface area contributed by atoms with E-state index in [0.29, 0.717) is 11.3 Å². The molecule has 1 saturated carbocycles. The zero-order chi connectivity index (χ0) is 21.4. The average Bonchev–Trinajstić information content (AvgIpc) is 3.03. The van der Waals surface area contributed by atoms with E-state index in [1.54, 1.807) is 7.11 Å². The monoisotopic (exact) mass is 547 g/mol. The van der Waals surface area contributed by atoms with E-state index in [2.05, 4.69) is 27.4 Å². The molecule has 0 unspecified atom stereocenters. The van der Waals surface area contributed by atoms with Gasteiger partial charge < -0.3 is 19.8 Å². The molecule has 0 radical (unpaired) electrons. The minimum atomic E-state index is 0. The number of halogens is 1. The number of likely N-dealkylation sites (tertiary alicyclic amines) is 1. The van der Waals surface area contributed by atoms with E-state index in [0.717, 1.165) is 75.6 Å². The zero-order valence-corrected chi connectivity index (χ0v) is 22.2. The minimum Gasteiger partial charge on any atom is -0.444 e. The van der Waals surface area contributed by atoms with E-state index in [-0.39, 0.29) is 24.0 Å². The largest absolute Gasteiger partial charge is 0.444 e. The fourth-order valence-corrected chi connectivity index (χ4v) is 4.46. The van der Waals surface area contributed by atoms with Gasteiger partial charge in [0.1, 0.15) is 5.76 Å². The minimum absolute atomic E-state index is 0. The van der Waals surface area contributed by atoms with Gasteiger partial charge in [-0.15, -0.1) is 24.0 Å². The first-order valence-electron chi connectivity index (χ1n) is 11.7. The number of nitrogens with zero attached hydrogens (tertiary/aromatic N) is 3. The summed E-state index contributed by atoms with van der Waals surface area (Å²) in [5.74, 6) is 3.44. The van der Waals surface area contributed by atoms with Crippen molar-refractivity contribution in [3.63, 3.8) is 0 Å². The van der Waals surface area contributed by atoms with Crippen molar-refractivity contribution in [2.75, 3.05) is 46.4 Å². The Hall–Kier alpha value is -0.870. The topological polar surface area (TPSA) is 74.9 Å². The number of piperidine rings is 1. The van der Waals surface area contributed by atoms with Gasteiger partial charge >= 0.3 is 0 Å². The van der Waals surface area contributed by atoms with Gasteiger partial charge in [0.15, 0.2) is 5.96 Å². The van der Waals surface area contributed by atoms with E-state index < -0.39 is 0 Å². The Morgan fingerprint density at radius 3 is 2.55 bits per heavy atom. The van der Waals surface area contributed by atoms with Crippen LogP contribution in [0, 0.1) is 25.2 Å². The third-order valence-electron chi connectivity index (χ3n) is 6.86. The van der Waals surface area contributed by atoms with E-state index in [1.807, 2.05) is 13.8 Å². The third kappa shape index (κ3) is 7.89. The molecule has 2 heterocycles. The second kappa shape index (κ2) is 13.0. The lowest BCUT2D eigenvalue weighted by Crippen LogP contribution is -2.44. The molecule has 1 aromatic heterocycles. The molecule has 1 aliphatic carbocycles. The van der Waals surface area contributed by atoms with Crippen LogP contribution < -0.4 is 10.6 Å². The lowest BCUT2D eigenvalue weighted by atomic mass is 9.67. The molecule has 2 aliphatic rings. The Kier molecular flexibility index (Phi) is 11.1. The number of oxazole rings is 1. The summed E-state index contributed by atoms with van der Waals surface area (Å²) in [6.07, 6.45) is 7.40. The van der Waals surface area contributed by atoms with Gasteiger partial charge in [-0.1, -0.05) is 6.42 Å². The molecule has 2 fully saturated rings. The maximum absolute atomic E-state index is 5.75. The van der Waals surface area contributed by atoms with Gasteiger partial charge in [-0.05, 0) is 77.3 Å². The molecule has 2 N–H and O–H groups in total. The third-order valence-corrected chi connectivity index (χ3v) is 6.86. The molecule has 7 nitrogen and oxygen atoms in total. The lowest BCUT2D eigenvalue weighted by molar-refractivity contribution is 0.0778. The fraction of sp³-hybridized carbons (Fsp3) is 0.826. The Morgan fingerprint density at radius 2 is 2.00 bits per heavy atom. The second-order valence-electron chi connectivity index (χ2n) is 9.14. The van der Waals surface area contributed by atoms with Crippen LogP contribution in [-0.4, -0.2) is 62.3 Å². The standard InChI is InChI=1S/C23H41N5O2.HI/c1-5-24-22(26-17-23(9-6-10-23)11-14-29-4)25-15-20-7-12-28(13-8-20)16-21-27-18(2)19(3)30-21;/h20H,5-17H2,1-4H3,(H2,24,25,26);1H. The highest BCUT2D eigenvalue weighted by atomic mass is 127. The molecule has 0 atom stereocenters. The maximum atomic E-state index is 5.75. The number of ether oxygens (including phenoxy) is 1. The van der Waals surface area contributed by atoms with Crippen LogP contribution in [0.25, 0.3) is 0 Å². The van der Waals surface area contributed by atoms with E-state index in [4.69, 9.17) is 14.1 Å². The number of aryl methyl sites for hydroxylation is 2. The molecular formula is C23H42IN5O2. The van der Waals surface area contributed by atoms with Crippen LogP contribution >= 0.6 is 24.0 Å². The molecule has 0 spiro atoms. The smallest absolute Gasteiger partial charge is 0.208 e. The van der Waals surface area contributed by atoms with Gasteiger partial charge in [-0.3, -0.25) is 9.89 Å². The Balaban J connectivity index is 0.00000341. The molecule has 3 rings (SSSR count). The molecule has 1 saturated heterocycles. The summed E-state index contributed by atoms with van der Waals surface area (Å²) < 4.78 is 11.1. The number of rotatable bonds is 10. The van der Waals surface area contributed by atoms with Gasteiger partial charge in [0.25, 0.3) is 0 Å². The van der Waals surface area contributed by atoms with Crippen molar-refractivity contribution < 1.29 is 9.15 Å². The summed E-state index contributed by atoms with van der Waals surface area (Å²) in [6, 6.07) is 0. The number of guanidine groups is 1. The van der Waals surface area contributed by atoms with Crippen molar-refractivity contribution in [1.82, 2.24) is 20.5 Å². The first kappa shape index (κ1) is 26.4. The van der Waals surface area contributed by atoms with Crippen LogP contribution in [-0.2, 0) is 11.3 Å². The molecule has 1 aromatic rings. The maximum Gasteiger partial charge on any atom is 0.208 e. The molecule has 0 aromatic carbocycles. The summed E-state index contributed by atoms with van der Waals surface area (Å²) in [5, 5.41) is 7.03. The fourth-order valence-electron chi connectivity index (χ4n) is 4.46. The number of nitrogens with one attached hydrogen (secondary N) is 2. The number of aliphatic imine (C=N–C) groups is 1. The SMILES string of the molecule is CCNC(=NCC1(CCOC)CCC1)NCC1CCN(Cc2nc(C)c(C)o2)CC1.I. The van der Waals surface area contributed by atoms with E-state index in [1.165, 1.54) is 32.1 Å². The normalized spacial score (nSPS) is 19.5. The number of methoxy groups -OCH3 is 1. The van der Waals surface area contributed by atoms with Gasteiger partial charge in [0.2, 0.25) is 5.89 Å². The van der Waals surface area contributed by atoms with Crippen molar-refractivity contribution >= 4 is 29.9 Å². The van der Waals surface area contributed by atoms with Crippen LogP contribution in [0.15, 0.2) is 9.41 Å². The molecule has 0 bridgehead atoms. The van der Waals surface area contributed by atoms with Crippen LogP contribution in [0.5, 0.6) is 0 Å². The van der Waals surface area contributed by atoms with Gasteiger partial charge in [-0.2, -0.15) is 0 Å². The molecule has 178 valence electrons. The average molecular weight is 548 g/mol. The first-order valence-corrected chi connectivity index (χ1v) is 11.7. The van der Waals surface area contributed by atoms with Crippen molar-refractivity contribution in [3.05, 3.63) is 17.3 Å². The molecule has 0 amide bonds. The van der Waals surface area contributed by atoms with Crippen LogP contribution in [0.2, 0.25) is 0 Å². The van der Waals surface area contributed by atoms with Crippen LogP contribution in [0.1, 0.15) is 62.8 Å². The molecular weight excluding hydrogens is 505 g/mol. The van der Waals surface area contributed by atoms with Crippen LogP contribution in [0.4, 0.5) is 0 Å². The highest BCUT2D eigenvalue weighted by Crippen LogP contribution is 2.44. The molecule has 8 heteroatoms. The van der Waals surface area contributed by atoms with Gasteiger partial charge in [0.05, 0.1) is 12.2 Å². The highest BCUT2D eigenvalue weighted by Gasteiger charge is 2.36. The van der Waals surface area contributed by atoms with Crippen molar-refractivity contribution in [1.29, 1.82) is 0 Å². The number of aromatic nitrogens is 1. The van der Waals surface area contributed by atoms with Crippen molar-refractivity contribution in [2.45, 2.75) is 65.8 Å². The van der Waals surface area contributed by atoms with Crippen molar-refractivity contribution in [3.8, 4) is 0 Å². The van der Waals surface area contributed by atoms with E-state index >= 15 is 0 Å². The quantitative estimate of drug-likeness (QED) is 0.263. The lowest BCUT2D eigenvalue weighted by Gasteiger charge is -2.41. The summed E-state index contributed by atoms with van der Waals surface area (Å²) in [4.78, 5) is 11.9.